The van der Waals surface area contributed by atoms with Gasteiger partial charge in [0.15, 0.2) is 5.82 Å². The van der Waals surface area contributed by atoms with E-state index in [-0.39, 0.29) is 16.4 Å². The maximum absolute atomic E-state index is 14.6. The van der Waals surface area contributed by atoms with Crippen molar-refractivity contribution in [1.29, 1.82) is 0 Å². The number of aromatic amines is 1. The number of hydrogen-bond donors (Lipinski definition) is 1. The summed E-state index contributed by atoms with van der Waals surface area (Å²) in [5.41, 5.74) is 3.91. The molecule has 3 heterocycles. The molecule has 0 atom stereocenters. The normalized spacial score (nSPS) is 11.2. The molecule has 2 aromatic carbocycles. The number of para-hydroxylation sites is 1. The molecule has 10 heteroatoms. The fourth-order valence-electron chi connectivity index (χ4n) is 4.18. The number of nitrogens with zero attached hydrogens (tertiary/aromatic N) is 6. The molecule has 0 saturated carbocycles. The Bertz CT molecular complexity index is 1520. The Morgan fingerprint density at radius 2 is 1.92 bits per heavy atom. The summed E-state index contributed by atoms with van der Waals surface area (Å²) in [4.78, 5) is 17.9. The van der Waals surface area contributed by atoms with Crippen molar-refractivity contribution in [2.45, 2.75) is 32.7 Å². The third-order valence-corrected chi connectivity index (χ3v) is 6.31. The SMILES string of the molecule is CCCCc1cn(-c2c(F)cccc2Cl)c(=O)n1Cc1ccc(-c2ncccc2-c2nnn[nH]2)cc1. The fraction of sp³-hybridized carbons (Fsp3) is 0.192. The van der Waals surface area contributed by atoms with Crippen molar-refractivity contribution in [1.82, 2.24) is 34.7 Å². The largest absolute Gasteiger partial charge is 0.333 e. The van der Waals surface area contributed by atoms with Crippen LogP contribution in [0.1, 0.15) is 31.0 Å². The van der Waals surface area contributed by atoms with Gasteiger partial charge in [-0.25, -0.2) is 14.3 Å². The van der Waals surface area contributed by atoms with Crippen molar-refractivity contribution in [3.05, 3.63) is 99.6 Å². The smallest absolute Gasteiger partial charge is 0.292 e. The maximum atomic E-state index is 14.6. The molecule has 5 aromatic rings. The molecular formula is C26H23ClFN7O. The Kier molecular flexibility index (Phi) is 6.73. The van der Waals surface area contributed by atoms with E-state index in [0.717, 1.165) is 40.9 Å². The van der Waals surface area contributed by atoms with Crippen LogP contribution in [0, 0.1) is 5.82 Å². The van der Waals surface area contributed by atoms with Gasteiger partial charge in [0, 0.05) is 29.2 Å². The van der Waals surface area contributed by atoms with Gasteiger partial charge in [0.2, 0.25) is 0 Å². The van der Waals surface area contributed by atoms with Gasteiger partial charge in [0.25, 0.3) is 0 Å². The minimum absolute atomic E-state index is 0.0700. The highest BCUT2D eigenvalue weighted by Crippen LogP contribution is 2.28. The highest BCUT2D eigenvalue weighted by Gasteiger charge is 2.18. The standard InChI is InChI=1S/C26H23ClFN7O/c1-2-3-6-19-16-35(24-21(27)8-4-9-22(24)28)26(36)34(19)15-17-10-12-18(13-11-17)23-20(7-5-14-29-23)25-30-32-33-31-25/h4-5,7-14,16H,2-3,6,15H2,1H3,(H,30,31,32,33). The van der Waals surface area contributed by atoms with Crippen molar-refractivity contribution < 1.29 is 4.39 Å². The molecular weight excluding hydrogens is 481 g/mol. The topological polar surface area (TPSA) is 94.3 Å². The van der Waals surface area contributed by atoms with E-state index in [2.05, 4.69) is 32.5 Å². The second-order valence-corrected chi connectivity index (χ2v) is 8.79. The molecule has 0 aliphatic carbocycles. The van der Waals surface area contributed by atoms with Gasteiger partial charge in [0.05, 0.1) is 17.3 Å². The summed E-state index contributed by atoms with van der Waals surface area (Å²) < 4.78 is 17.6. The van der Waals surface area contributed by atoms with Crippen LogP contribution in [-0.2, 0) is 13.0 Å². The molecule has 0 aliphatic heterocycles. The first-order valence-corrected chi connectivity index (χ1v) is 12.0. The van der Waals surface area contributed by atoms with Crippen molar-refractivity contribution in [3.63, 3.8) is 0 Å². The number of tetrazole rings is 1. The van der Waals surface area contributed by atoms with Crippen LogP contribution in [-0.4, -0.2) is 34.7 Å². The molecule has 5 rings (SSSR count). The number of nitrogens with one attached hydrogen (secondary N) is 1. The Hall–Kier alpha value is -4.11. The predicted octanol–water partition coefficient (Wildman–Crippen LogP) is 5.06. The van der Waals surface area contributed by atoms with Crippen molar-refractivity contribution in [2.75, 3.05) is 0 Å². The highest BCUT2D eigenvalue weighted by atomic mass is 35.5. The van der Waals surface area contributed by atoms with E-state index in [1.54, 1.807) is 23.0 Å². The lowest BCUT2D eigenvalue weighted by molar-refractivity contribution is 0.613. The zero-order valence-electron chi connectivity index (χ0n) is 19.5. The second-order valence-electron chi connectivity index (χ2n) is 8.38. The monoisotopic (exact) mass is 503 g/mol. The van der Waals surface area contributed by atoms with Crippen molar-refractivity contribution in [3.8, 4) is 28.3 Å². The number of H-pyrrole nitrogens is 1. The zero-order chi connectivity index (χ0) is 25.1. The minimum Gasteiger partial charge on any atom is -0.292 e. The molecule has 0 unspecified atom stereocenters. The third kappa shape index (κ3) is 4.57. The molecule has 0 bridgehead atoms. The van der Waals surface area contributed by atoms with Crippen LogP contribution in [0.25, 0.3) is 28.3 Å². The van der Waals surface area contributed by atoms with E-state index >= 15 is 0 Å². The third-order valence-electron chi connectivity index (χ3n) is 6.00. The Labute approximate surface area is 211 Å². The van der Waals surface area contributed by atoms with E-state index in [4.69, 9.17) is 11.6 Å². The van der Waals surface area contributed by atoms with Gasteiger partial charge >= 0.3 is 5.69 Å². The lowest BCUT2D eigenvalue weighted by atomic mass is 10.0. The summed E-state index contributed by atoms with van der Waals surface area (Å²) in [5.74, 6) is -0.0105. The summed E-state index contributed by atoms with van der Waals surface area (Å²) in [6.45, 7) is 2.44. The first-order valence-electron chi connectivity index (χ1n) is 11.6. The summed E-state index contributed by atoms with van der Waals surface area (Å²) in [7, 11) is 0. The molecule has 0 spiro atoms. The molecule has 0 fully saturated rings. The average molecular weight is 504 g/mol. The van der Waals surface area contributed by atoms with Gasteiger partial charge in [0.1, 0.15) is 11.5 Å². The lowest BCUT2D eigenvalue weighted by Gasteiger charge is -2.09. The van der Waals surface area contributed by atoms with E-state index in [9.17, 15) is 9.18 Å². The Morgan fingerprint density at radius 3 is 2.64 bits per heavy atom. The number of imidazole rings is 1. The van der Waals surface area contributed by atoms with E-state index in [1.165, 1.54) is 16.7 Å². The Balaban J connectivity index is 1.49. The van der Waals surface area contributed by atoms with Crippen molar-refractivity contribution >= 4 is 11.6 Å². The average Bonchev–Trinajstić information content (AvgIpc) is 3.53. The zero-order valence-corrected chi connectivity index (χ0v) is 20.3. The van der Waals surface area contributed by atoms with E-state index < -0.39 is 5.82 Å². The fourth-order valence-corrected chi connectivity index (χ4v) is 4.44. The number of unbranched alkanes of at least 4 members (excludes halogenated alkanes) is 1. The number of aryl methyl sites for hydroxylation is 1. The first kappa shape index (κ1) is 23.6. The van der Waals surface area contributed by atoms with Crippen LogP contribution in [0.5, 0.6) is 0 Å². The van der Waals surface area contributed by atoms with Crippen molar-refractivity contribution in [2.24, 2.45) is 0 Å². The molecule has 36 heavy (non-hydrogen) atoms. The summed E-state index contributed by atoms with van der Waals surface area (Å²) in [6.07, 6.45) is 5.99. The lowest BCUT2D eigenvalue weighted by Crippen LogP contribution is -2.25. The van der Waals surface area contributed by atoms with E-state index in [0.29, 0.717) is 18.8 Å². The predicted molar refractivity (Wildman–Crippen MR) is 136 cm³/mol. The van der Waals surface area contributed by atoms with Crippen LogP contribution in [0.4, 0.5) is 4.39 Å². The van der Waals surface area contributed by atoms with Crippen LogP contribution in [0.3, 0.4) is 0 Å². The van der Waals surface area contributed by atoms with Gasteiger partial charge in [-0.2, -0.15) is 0 Å². The highest BCUT2D eigenvalue weighted by molar-refractivity contribution is 6.32. The molecule has 1 N–H and O–H groups in total. The number of rotatable bonds is 8. The van der Waals surface area contributed by atoms with Gasteiger partial charge in [-0.1, -0.05) is 55.3 Å². The van der Waals surface area contributed by atoms with Gasteiger partial charge in [-0.3, -0.25) is 14.1 Å². The van der Waals surface area contributed by atoms with Crippen LogP contribution in [0.15, 0.2) is 71.8 Å². The molecule has 3 aromatic heterocycles. The molecule has 0 aliphatic rings. The number of halogens is 2. The Morgan fingerprint density at radius 1 is 1.08 bits per heavy atom. The summed E-state index contributed by atoms with van der Waals surface area (Å²) in [5, 5.41) is 14.3. The van der Waals surface area contributed by atoms with Gasteiger partial charge in [-0.15, -0.1) is 5.10 Å². The molecule has 0 saturated heterocycles. The molecule has 0 amide bonds. The van der Waals surface area contributed by atoms with E-state index in [1.807, 2.05) is 36.4 Å². The number of benzene rings is 2. The molecule has 8 nitrogen and oxygen atoms in total. The van der Waals surface area contributed by atoms with Crippen LogP contribution in [0.2, 0.25) is 5.02 Å². The van der Waals surface area contributed by atoms with Gasteiger partial charge in [-0.05, 0) is 53.1 Å². The minimum atomic E-state index is -0.540. The first-order chi connectivity index (χ1) is 17.6. The van der Waals surface area contributed by atoms with Gasteiger partial charge < -0.3 is 0 Å². The maximum Gasteiger partial charge on any atom is 0.333 e. The number of aromatic nitrogens is 7. The summed E-state index contributed by atoms with van der Waals surface area (Å²) in [6, 6.07) is 15.9. The number of pyridine rings is 1. The molecule has 0 radical (unpaired) electrons. The summed E-state index contributed by atoms with van der Waals surface area (Å²) >= 11 is 6.26. The molecule has 182 valence electrons. The van der Waals surface area contributed by atoms with Crippen LogP contribution < -0.4 is 5.69 Å². The quantitative estimate of drug-likeness (QED) is 0.319. The van der Waals surface area contributed by atoms with Crippen LogP contribution >= 0.6 is 11.6 Å². The number of hydrogen-bond acceptors (Lipinski definition) is 5. The second kappa shape index (κ2) is 10.2.